The van der Waals surface area contributed by atoms with Crippen molar-refractivity contribution in [2.24, 2.45) is 11.7 Å². The molecule has 3 nitrogen and oxygen atoms in total. The largest absolute Gasteiger partial charge is 0.323 e. The summed E-state index contributed by atoms with van der Waals surface area (Å²) < 4.78 is 0. The van der Waals surface area contributed by atoms with Crippen molar-refractivity contribution in [3.8, 4) is 0 Å². The predicted octanol–water partition coefficient (Wildman–Crippen LogP) is -1.15. The zero-order chi connectivity index (χ0) is 7.19. The zero-order valence-electron chi connectivity index (χ0n) is 6.43. The Morgan fingerprint density at radius 3 is 3.20 bits per heavy atom. The van der Waals surface area contributed by atoms with E-state index in [1.165, 1.54) is 6.54 Å². The number of hydrogen-bond donors (Lipinski definition) is 2. The van der Waals surface area contributed by atoms with E-state index in [-0.39, 0.29) is 5.54 Å². The second-order valence-electron chi connectivity index (χ2n) is 3.76. The fourth-order valence-electron chi connectivity index (χ4n) is 2.20. The molecule has 0 aliphatic carbocycles. The lowest BCUT2D eigenvalue weighted by Gasteiger charge is -2.20. The summed E-state index contributed by atoms with van der Waals surface area (Å²) in [6, 6.07) is 0. The summed E-state index contributed by atoms with van der Waals surface area (Å²) in [5.41, 5.74) is 6.24. The molecule has 0 spiro atoms. The van der Waals surface area contributed by atoms with Gasteiger partial charge in [0.25, 0.3) is 0 Å². The van der Waals surface area contributed by atoms with E-state index in [9.17, 15) is 0 Å². The first-order valence-corrected chi connectivity index (χ1v) is 3.89. The lowest BCUT2D eigenvalue weighted by molar-refractivity contribution is 0.368. The molecule has 2 atom stereocenters. The molecule has 0 aromatic heterocycles. The highest BCUT2D eigenvalue weighted by molar-refractivity contribution is 5.06. The highest BCUT2D eigenvalue weighted by atomic mass is 15.2. The molecule has 2 saturated heterocycles. The number of nitrogens with two attached hydrogens (primary N) is 1. The van der Waals surface area contributed by atoms with Gasteiger partial charge in [-0.1, -0.05) is 0 Å². The first-order chi connectivity index (χ1) is 4.71. The summed E-state index contributed by atoms with van der Waals surface area (Å²) in [6.45, 7) is 4.34. The first-order valence-electron chi connectivity index (χ1n) is 3.89. The highest BCUT2D eigenvalue weighted by Crippen LogP contribution is 2.26. The van der Waals surface area contributed by atoms with E-state index in [0.717, 1.165) is 19.6 Å². The Labute approximate surface area is 61.6 Å². The molecule has 2 heterocycles. The number of nitrogens with one attached hydrogen (secondary N) is 1. The molecular weight excluding hydrogens is 126 g/mol. The maximum absolute atomic E-state index is 6.15. The number of hydrogen-bond acceptors (Lipinski definition) is 3. The molecule has 0 aromatic carbocycles. The van der Waals surface area contributed by atoms with Gasteiger partial charge in [-0.15, -0.1) is 0 Å². The Kier molecular flexibility index (Phi) is 1.27. The van der Waals surface area contributed by atoms with Crippen molar-refractivity contribution < 1.29 is 0 Å². The quantitative estimate of drug-likeness (QED) is 0.447. The van der Waals surface area contributed by atoms with Crippen LogP contribution in [0.2, 0.25) is 0 Å². The number of likely N-dealkylation sites (tertiary alicyclic amines) is 1. The molecule has 2 aliphatic rings. The summed E-state index contributed by atoms with van der Waals surface area (Å²) >= 11 is 0. The van der Waals surface area contributed by atoms with Gasteiger partial charge < -0.3 is 16.0 Å². The van der Waals surface area contributed by atoms with Crippen LogP contribution in [0.5, 0.6) is 0 Å². The van der Waals surface area contributed by atoms with Crippen LogP contribution in [0, 0.1) is 5.92 Å². The van der Waals surface area contributed by atoms with E-state index in [2.05, 4.69) is 17.3 Å². The van der Waals surface area contributed by atoms with Gasteiger partial charge >= 0.3 is 0 Å². The first kappa shape index (κ1) is 6.58. The smallest absolute Gasteiger partial charge is 0.0462 e. The van der Waals surface area contributed by atoms with Gasteiger partial charge in [-0.05, 0) is 7.05 Å². The second-order valence-corrected chi connectivity index (χ2v) is 3.76. The average Bonchev–Trinajstić information content (AvgIpc) is 2.20. The Morgan fingerprint density at radius 2 is 2.50 bits per heavy atom. The monoisotopic (exact) mass is 141 g/mol. The molecule has 58 valence electrons. The number of likely N-dealkylation sites (N-methyl/N-ethyl adjacent to an activating group) is 1. The minimum absolute atomic E-state index is 0.0920. The molecule has 3 N–H and O–H groups in total. The van der Waals surface area contributed by atoms with E-state index in [1.54, 1.807) is 0 Å². The van der Waals surface area contributed by atoms with Crippen molar-refractivity contribution in [1.82, 2.24) is 10.2 Å². The average molecular weight is 141 g/mol. The van der Waals surface area contributed by atoms with Crippen molar-refractivity contribution in [3.63, 3.8) is 0 Å². The lowest BCUT2D eigenvalue weighted by atomic mass is 9.92. The van der Waals surface area contributed by atoms with Crippen molar-refractivity contribution in [3.05, 3.63) is 0 Å². The van der Waals surface area contributed by atoms with Gasteiger partial charge in [-0.2, -0.15) is 0 Å². The van der Waals surface area contributed by atoms with Crippen molar-refractivity contribution in [2.45, 2.75) is 5.54 Å². The molecule has 0 radical (unpaired) electrons. The summed E-state index contributed by atoms with van der Waals surface area (Å²) in [7, 11) is 2.15. The van der Waals surface area contributed by atoms with Crippen molar-refractivity contribution in [1.29, 1.82) is 0 Å². The Bertz CT molecular complexity index is 148. The minimum atomic E-state index is 0.0920. The molecule has 2 fully saturated rings. The Balaban J connectivity index is 2.15. The second kappa shape index (κ2) is 1.94. The molecule has 0 unspecified atom stereocenters. The predicted molar refractivity (Wildman–Crippen MR) is 40.8 cm³/mol. The fourth-order valence-corrected chi connectivity index (χ4v) is 2.20. The van der Waals surface area contributed by atoms with Crippen LogP contribution in [-0.2, 0) is 0 Å². The molecule has 0 amide bonds. The highest BCUT2D eigenvalue weighted by Gasteiger charge is 2.45. The Hall–Kier alpha value is -0.120. The van der Waals surface area contributed by atoms with Crippen LogP contribution >= 0.6 is 0 Å². The van der Waals surface area contributed by atoms with Crippen LogP contribution in [-0.4, -0.2) is 43.7 Å². The molecule has 2 rings (SSSR count). The summed E-state index contributed by atoms with van der Waals surface area (Å²) in [6.07, 6.45) is 0. The van der Waals surface area contributed by atoms with Gasteiger partial charge in [0, 0.05) is 37.6 Å². The topological polar surface area (TPSA) is 41.3 Å². The van der Waals surface area contributed by atoms with Gasteiger partial charge in [-0.3, -0.25) is 0 Å². The third kappa shape index (κ3) is 0.779. The van der Waals surface area contributed by atoms with Crippen LogP contribution in [0.25, 0.3) is 0 Å². The van der Waals surface area contributed by atoms with E-state index in [0.29, 0.717) is 5.92 Å². The lowest BCUT2D eigenvalue weighted by Crippen LogP contribution is -2.48. The number of rotatable bonds is 0. The van der Waals surface area contributed by atoms with Crippen molar-refractivity contribution in [2.75, 3.05) is 33.2 Å². The third-order valence-corrected chi connectivity index (χ3v) is 2.75. The molecule has 0 aromatic rings. The minimum Gasteiger partial charge on any atom is -0.323 e. The molecule has 3 heteroatoms. The maximum Gasteiger partial charge on any atom is 0.0462 e. The molecule has 2 aliphatic heterocycles. The maximum atomic E-state index is 6.15. The summed E-state index contributed by atoms with van der Waals surface area (Å²) in [5, 5.41) is 3.33. The number of fused-ring (bicyclic) bond motifs is 1. The number of nitrogens with zero attached hydrogens (tertiary/aromatic N) is 1. The van der Waals surface area contributed by atoms with Gasteiger partial charge in [0.1, 0.15) is 0 Å². The molecular formula is C7H15N3. The Morgan fingerprint density at radius 1 is 1.70 bits per heavy atom. The van der Waals surface area contributed by atoms with Crippen LogP contribution in [0.3, 0.4) is 0 Å². The SMILES string of the molecule is CN1C[C@H]2CNC[C@@]2(N)C1. The molecule has 0 bridgehead atoms. The normalized spacial score (nSPS) is 48.0. The summed E-state index contributed by atoms with van der Waals surface area (Å²) in [4.78, 5) is 2.32. The summed E-state index contributed by atoms with van der Waals surface area (Å²) in [5.74, 6) is 0.692. The van der Waals surface area contributed by atoms with Crippen LogP contribution < -0.4 is 11.1 Å². The van der Waals surface area contributed by atoms with Gasteiger partial charge in [0.2, 0.25) is 0 Å². The van der Waals surface area contributed by atoms with E-state index in [1.807, 2.05) is 0 Å². The third-order valence-electron chi connectivity index (χ3n) is 2.75. The van der Waals surface area contributed by atoms with Gasteiger partial charge in [0.05, 0.1) is 0 Å². The van der Waals surface area contributed by atoms with Gasteiger partial charge in [0.15, 0.2) is 0 Å². The van der Waals surface area contributed by atoms with Gasteiger partial charge in [-0.25, -0.2) is 0 Å². The van der Waals surface area contributed by atoms with Crippen LogP contribution in [0.15, 0.2) is 0 Å². The van der Waals surface area contributed by atoms with Crippen LogP contribution in [0.1, 0.15) is 0 Å². The van der Waals surface area contributed by atoms with E-state index >= 15 is 0 Å². The fraction of sp³-hybridized carbons (Fsp3) is 1.00. The van der Waals surface area contributed by atoms with Crippen molar-refractivity contribution >= 4 is 0 Å². The van der Waals surface area contributed by atoms with E-state index < -0.39 is 0 Å². The molecule has 10 heavy (non-hydrogen) atoms. The standard InChI is InChI=1S/C7H15N3/c1-10-3-6-2-9-4-7(6,8)5-10/h6,9H,2-5,8H2,1H3/t6-,7-/m1/s1. The zero-order valence-corrected chi connectivity index (χ0v) is 6.43. The molecule has 0 saturated carbocycles. The van der Waals surface area contributed by atoms with E-state index in [4.69, 9.17) is 5.73 Å². The van der Waals surface area contributed by atoms with Crippen LogP contribution in [0.4, 0.5) is 0 Å².